The summed E-state index contributed by atoms with van der Waals surface area (Å²) in [4.78, 5) is 12.2. The number of amides is 1. The molecule has 1 aromatic carbocycles. The number of aryl methyl sites for hydroxylation is 1. The molecule has 1 aliphatic rings. The van der Waals surface area contributed by atoms with Crippen LogP contribution in [-0.4, -0.2) is 24.5 Å². The van der Waals surface area contributed by atoms with Crippen LogP contribution in [-0.2, 0) is 0 Å². The van der Waals surface area contributed by atoms with E-state index in [1.807, 2.05) is 31.2 Å². The maximum Gasteiger partial charge on any atom is 0.251 e. The van der Waals surface area contributed by atoms with Crippen molar-refractivity contribution in [1.29, 1.82) is 0 Å². The number of rotatable bonds is 2. The van der Waals surface area contributed by atoms with Gasteiger partial charge in [0.05, 0.1) is 0 Å². The van der Waals surface area contributed by atoms with Crippen LogP contribution in [0.2, 0.25) is 0 Å². The molecule has 1 heterocycles. The minimum atomic E-state index is 0.0334. The van der Waals surface area contributed by atoms with Gasteiger partial charge in [0.2, 0.25) is 0 Å². The van der Waals surface area contributed by atoms with Crippen molar-refractivity contribution in [3.63, 3.8) is 0 Å². The molecule has 3 nitrogen and oxygen atoms in total. The van der Waals surface area contributed by atoms with E-state index in [0.29, 0.717) is 12.0 Å². The van der Waals surface area contributed by atoms with Gasteiger partial charge in [-0.25, -0.2) is 0 Å². The Hall–Kier alpha value is -1.35. The maximum absolute atomic E-state index is 12.2. The van der Waals surface area contributed by atoms with Crippen molar-refractivity contribution < 1.29 is 4.79 Å². The summed E-state index contributed by atoms with van der Waals surface area (Å²) in [6.07, 6.45) is 1.11. The third kappa shape index (κ3) is 2.91. The summed E-state index contributed by atoms with van der Waals surface area (Å²) in [5.74, 6) is 0.557. The van der Waals surface area contributed by atoms with E-state index in [4.69, 9.17) is 0 Å². The van der Waals surface area contributed by atoms with Gasteiger partial charge in [-0.1, -0.05) is 24.6 Å². The Morgan fingerprint density at radius 2 is 2.17 bits per heavy atom. The summed E-state index contributed by atoms with van der Waals surface area (Å²) in [5.41, 5.74) is 1.87. The van der Waals surface area contributed by atoms with Gasteiger partial charge in [0.1, 0.15) is 0 Å². The quantitative estimate of drug-likeness (QED) is 0.839. The predicted octanol–water partition coefficient (Wildman–Crippen LogP) is 2.11. The first kappa shape index (κ1) is 13.1. The zero-order chi connectivity index (χ0) is 13.1. The fraction of sp³-hybridized carbons (Fsp3) is 0.533. The number of hydrogen-bond donors (Lipinski definition) is 2. The van der Waals surface area contributed by atoms with Crippen LogP contribution in [0.5, 0.6) is 0 Å². The highest BCUT2D eigenvalue weighted by atomic mass is 16.1. The summed E-state index contributed by atoms with van der Waals surface area (Å²) in [6, 6.07) is 8.28. The molecule has 1 amide bonds. The molecule has 3 atom stereocenters. The van der Waals surface area contributed by atoms with Crippen LogP contribution in [0.4, 0.5) is 0 Å². The largest absolute Gasteiger partial charge is 0.347 e. The molecule has 0 aliphatic carbocycles. The van der Waals surface area contributed by atoms with E-state index in [1.165, 1.54) is 0 Å². The minimum absolute atomic E-state index is 0.0334. The topological polar surface area (TPSA) is 41.1 Å². The fourth-order valence-electron chi connectivity index (χ4n) is 2.63. The van der Waals surface area contributed by atoms with Gasteiger partial charge in [-0.05, 0) is 44.9 Å². The fourth-order valence-corrected chi connectivity index (χ4v) is 2.63. The van der Waals surface area contributed by atoms with Crippen LogP contribution in [0.15, 0.2) is 24.3 Å². The highest BCUT2D eigenvalue weighted by molar-refractivity contribution is 5.94. The molecular formula is C15H22N2O. The summed E-state index contributed by atoms with van der Waals surface area (Å²) < 4.78 is 0. The van der Waals surface area contributed by atoms with Crippen molar-refractivity contribution in [2.45, 2.75) is 39.3 Å². The average Bonchev–Trinajstić information content (AvgIpc) is 2.34. The summed E-state index contributed by atoms with van der Waals surface area (Å²) in [6.45, 7) is 7.39. The van der Waals surface area contributed by atoms with Gasteiger partial charge in [-0.2, -0.15) is 0 Å². The van der Waals surface area contributed by atoms with Crippen molar-refractivity contribution in [3.05, 3.63) is 35.4 Å². The Morgan fingerprint density at radius 3 is 2.83 bits per heavy atom. The van der Waals surface area contributed by atoms with Crippen LogP contribution in [0.3, 0.4) is 0 Å². The highest BCUT2D eigenvalue weighted by Gasteiger charge is 2.28. The van der Waals surface area contributed by atoms with E-state index in [-0.39, 0.29) is 11.9 Å². The van der Waals surface area contributed by atoms with Crippen LogP contribution >= 0.6 is 0 Å². The molecule has 18 heavy (non-hydrogen) atoms. The molecule has 2 N–H and O–H groups in total. The Kier molecular flexibility index (Phi) is 4.02. The lowest BCUT2D eigenvalue weighted by Crippen LogP contribution is -2.55. The Labute approximate surface area is 109 Å². The van der Waals surface area contributed by atoms with Crippen molar-refractivity contribution in [2.75, 3.05) is 6.54 Å². The van der Waals surface area contributed by atoms with Crippen molar-refractivity contribution in [2.24, 2.45) is 5.92 Å². The maximum atomic E-state index is 12.2. The molecule has 2 rings (SSSR count). The third-order valence-electron chi connectivity index (χ3n) is 3.80. The number of hydrogen-bond acceptors (Lipinski definition) is 2. The summed E-state index contributed by atoms with van der Waals surface area (Å²) >= 11 is 0. The van der Waals surface area contributed by atoms with Gasteiger partial charge in [0, 0.05) is 17.6 Å². The summed E-state index contributed by atoms with van der Waals surface area (Å²) in [5, 5.41) is 6.58. The second-order valence-electron chi connectivity index (χ2n) is 5.38. The van der Waals surface area contributed by atoms with Gasteiger partial charge >= 0.3 is 0 Å². The molecule has 1 fully saturated rings. The van der Waals surface area contributed by atoms with E-state index in [2.05, 4.69) is 24.5 Å². The van der Waals surface area contributed by atoms with Gasteiger partial charge in [0.25, 0.3) is 5.91 Å². The SMILES string of the molecule is Cc1cccc(C(=O)NC2C(C)CCNC2C)c1. The smallest absolute Gasteiger partial charge is 0.251 e. The molecule has 3 heteroatoms. The second kappa shape index (κ2) is 5.53. The average molecular weight is 246 g/mol. The molecule has 0 aromatic heterocycles. The first-order valence-corrected chi connectivity index (χ1v) is 6.69. The lowest BCUT2D eigenvalue weighted by molar-refractivity contribution is 0.0897. The second-order valence-corrected chi connectivity index (χ2v) is 5.38. The molecular weight excluding hydrogens is 224 g/mol. The molecule has 1 aliphatic heterocycles. The zero-order valence-corrected chi connectivity index (χ0v) is 11.4. The Balaban J connectivity index is 2.06. The standard InChI is InChI=1S/C15H22N2O/c1-10-5-4-6-13(9-10)15(18)17-14-11(2)7-8-16-12(14)3/h4-6,9,11-12,14,16H,7-8H2,1-3H3,(H,17,18). The number of benzene rings is 1. The van der Waals surface area contributed by atoms with Gasteiger partial charge in [-0.3, -0.25) is 4.79 Å². The van der Waals surface area contributed by atoms with Gasteiger partial charge in [0.15, 0.2) is 0 Å². The Morgan fingerprint density at radius 1 is 1.39 bits per heavy atom. The number of carbonyl (C=O) groups excluding carboxylic acids is 1. The molecule has 1 saturated heterocycles. The first-order valence-electron chi connectivity index (χ1n) is 6.69. The van der Waals surface area contributed by atoms with E-state index >= 15 is 0 Å². The minimum Gasteiger partial charge on any atom is -0.347 e. The van der Waals surface area contributed by atoms with Gasteiger partial charge in [-0.15, -0.1) is 0 Å². The van der Waals surface area contributed by atoms with E-state index in [0.717, 1.165) is 24.1 Å². The normalized spacial score (nSPS) is 27.8. The molecule has 0 saturated carbocycles. The molecule has 3 unspecified atom stereocenters. The lowest BCUT2D eigenvalue weighted by Gasteiger charge is -2.36. The van der Waals surface area contributed by atoms with Gasteiger partial charge < -0.3 is 10.6 Å². The van der Waals surface area contributed by atoms with Crippen molar-refractivity contribution >= 4 is 5.91 Å². The number of piperidine rings is 1. The monoisotopic (exact) mass is 246 g/mol. The van der Waals surface area contributed by atoms with Crippen LogP contribution in [0, 0.1) is 12.8 Å². The van der Waals surface area contributed by atoms with E-state index < -0.39 is 0 Å². The molecule has 0 spiro atoms. The number of nitrogens with one attached hydrogen (secondary N) is 2. The predicted molar refractivity (Wildman–Crippen MR) is 73.7 cm³/mol. The molecule has 0 radical (unpaired) electrons. The van der Waals surface area contributed by atoms with Crippen LogP contribution < -0.4 is 10.6 Å². The highest BCUT2D eigenvalue weighted by Crippen LogP contribution is 2.17. The molecule has 1 aromatic rings. The first-order chi connectivity index (χ1) is 8.58. The third-order valence-corrected chi connectivity index (χ3v) is 3.80. The van der Waals surface area contributed by atoms with Crippen molar-refractivity contribution in [1.82, 2.24) is 10.6 Å². The van der Waals surface area contributed by atoms with Crippen LogP contribution in [0.1, 0.15) is 36.2 Å². The number of carbonyl (C=O) groups is 1. The van der Waals surface area contributed by atoms with Crippen LogP contribution in [0.25, 0.3) is 0 Å². The lowest BCUT2D eigenvalue weighted by atomic mass is 9.89. The molecule has 0 bridgehead atoms. The van der Waals surface area contributed by atoms with E-state index in [1.54, 1.807) is 0 Å². The Bertz CT molecular complexity index is 420. The van der Waals surface area contributed by atoms with Crippen molar-refractivity contribution in [3.8, 4) is 0 Å². The zero-order valence-electron chi connectivity index (χ0n) is 11.4. The molecule has 98 valence electrons. The summed E-state index contributed by atoms with van der Waals surface area (Å²) in [7, 11) is 0. The van der Waals surface area contributed by atoms with E-state index in [9.17, 15) is 4.79 Å².